The summed E-state index contributed by atoms with van der Waals surface area (Å²) in [5.41, 5.74) is 7.67. The first-order valence-electron chi connectivity index (χ1n) is 6.18. The second-order valence-corrected chi connectivity index (χ2v) is 4.41. The summed E-state index contributed by atoms with van der Waals surface area (Å²) in [5, 5.41) is 0. The standard InChI is InChI=1S/C14H20N2O4/c1-9-6-5-7-11(15)13(9)16(12(17)8-19-3)10(2)14(18)20-4/h5-7,10H,8,15H2,1-4H3. The maximum Gasteiger partial charge on any atom is 0.328 e. The molecule has 0 bridgehead atoms. The summed E-state index contributed by atoms with van der Waals surface area (Å²) in [6, 6.07) is 4.50. The molecule has 0 spiro atoms. The van der Waals surface area contributed by atoms with Gasteiger partial charge in [0.25, 0.3) is 5.91 Å². The average Bonchev–Trinajstić information content (AvgIpc) is 2.41. The van der Waals surface area contributed by atoms with E-state index in [2.05, 4.69) is 0 Å². The van der Waals surface area contributed by atoms with Gasteiger partial charge < -0.3 is 15.2 Å². The molecule has 0 aliphatic carbocycles. The molecule has 6 heteroatoms. The van der Waals surface area contributed by atoms with Gasteiger partial charge >= 0.3 is 5.97 Å². The van der Waals surface area contributed by atoms with Gasteiger partial charge in [-0.3, -0.25) is 9.69 Å². The second-order valence-electron chi connectivity index (χ2n) is 4.41. The monoisotopic (exact) mass is 280 g/mol. The van der Waals surface area contributed by atoms with E-state index >= 15 is 0 Å². The largest absolute Gasteiger partial charge is 0.467 e. The molecule has 0 aliphatic heterocycles. The van der Waals surface area contributed by atoms with E-state index in [1.165, 1.54) is 19.1 Å². The minimum Gasteiger partial charge on any atom is -0.467 e. The van der Waals surface area contributed by atoms with Crippen LogP contribution in [0.15, 0.2) is 18.2 Å². The van der Waals surface area contributed by atoms with Gasteiger partial charge in [0.15, 0.2) is 0 Å². The average molecular weight is 280 g/mol. The van der Waals surface area contributed by atoms with Crippen molar-refractivity contribution < 1.29 is 19.1 Å². The molecular formula is C14H20N2O4. The molecule has 0 aromatic heterocycles. The van der Waals surface area contributed by atoms with Gasteiger partial charge in [-0.15, -0.1) is 0 Å². The molecule has 1 aromatic carbocycles. The van der Waals surface area contributed by atoms with Crippen molar-refractivity contribution in [3.05, 3.63) is 23.8 Å². The van der Waals surface area contributed by atoms with Crippen molar-refractivity contribution >= 4 is 23.3 Å². The summed E-state index contributed by atoms with van der Waals surface area (Å²) in [6.07, 6.45) is 0. The van der Waals surface area contributed by atoms with E-state index in [-0.39, 0.29) is 12.5 Å². The molecule has 1 aromatic rings. The van der Waals surface area contributed by atoms with E-state index in [1.807, 2.05) is 13.0 Å². The van der Waals surface area contributed by atoms with E-state index < -0.39 is 12.0 Å². The Bertz CT molecular complexity index is 482. The lowest BCUT2D eigenvalue weighted by atomic mass is 10.1. The molecule has 2 N–H and O–H groups in total. The zero-order valence-corrected chi connectivity index (χ0v) is 12.2. The van der Waals surface area contributed by atoms with Gasteiger partial charge in [0.2, 0.25) is 0 Å². The molecule has 110 valence electrons. The van der Waals surface area contributed by atoms with Crippen molar-refractivity contribution in [2.24, 2.45) is 0 Å². The van der Waals surface area contributed by atoms with Gasteiger partial charge in [-0.2, -0.15) is 0 Å². The van der Waals surface area contributed by atoms with Crippen molar-refractivity contribution in [3.63, 3.8) is 0 Å². The van der Waals surface area contributed by atoms with Gasteiger partial charge in [-0.05, 0) is 25.5 Å². The third kappa shape index (κ3) is 3.27. The van der Waals surface area contributed by atoms with E-state index in [1.54, 1.807) is 19.1 Å². The number of benzene rings is 1. The lowest BCUT2D eigenvalue weighted by Crippen LogP contribution is -2.46. The van der Waals surface area contributed by atoms with Crippen LogP contribution in [0.2, 0.25) is 0 Å². The van der Waals surface area contributed by atoms with Crippen LogP contribution in [0.3, 0.4) is 0 Å². The number of carbonyl (C=O) groups excluding carboxylic acids is 2. The molecule has 1 rings (SSSR count). The van der Waals surface area contributed by atoms with Crippen LogP contribution in [-0.2, 0) is 19.1 Å². The highest BCUT2D eigenvalue weighted by molar-refractivity contribution is 6.02. The summed E-state index contributed by atoms with van der Waals surface area (Å²) in [4.78, 5) is 25.3. The SMILES string of the molecule is COCC(=O)N(c1c(C)cccc1N)C(C)C(=O)OC. The summed E-state index contributed by atoms with van der Waals surface area (Å²) >= 11 is 0. The van der Waals surface area contributed by atoms with Crippen molar-refractivity contribution in [1.29, 1.82) is 0 Å². The molecule has 1 unspecified atom stereocenters. The fraction of sp³-hybridized carbons (Fsp3) is 0.429. The normalized spacial score (nSPS) is 11.8. The Balaban J connectivity index is 3.30. The molecule has 0 fully saturated rings. The van der Waals surface area contributed by atoms with Crippen LogP contribution in [-0.4, -0.2) is 38.7 Å². The molecule has 1 atom stereocenters. The number of nitrogens with zero attached hydrogens (tertiary/aromatic N) is 1. The number of hydrogen-bond acceptors (Lipinski definition) is 5. The first-order chi connectivity index (χ1) is 9.43. The number of aryl methyl sites for hydroxylation is 1. The highest BCUT2D eigenvalue weighted by atomic mass is 16.5. The van der Waals surface area contributed by atoms with Crippen LogP contribution in [0.1, 0.15) is 12.5 Å². The summed E-state index contributed by atoms with van der Waals surface area (Å²) in [5.74, 6) is -0.872. The van der Waals surface area contributed by atoms with Crippen molar-refractivity contribution in [3.8, 4) is 0 Å². The third-order valence-electron chi connectivity index (χ3n) is 2.98. The Kier molecular flexibility index (Phi) is 5.52. The number of methoxy groups -OCH3 is 2. The Morgan fingerprint density at radius 1 is 1.35 bits per heavy atom. The fourth-order valence-electron chi connectivity index (χ4n) is 2.01. The molecule has 0 saturated carbocycles. The Hall–Kier alpha value is -2.08. The van der Waals surface area contributed by atoms with Crippen LogP contribution < -0.4 is 10.6 Å². The van der Waals surface area contributed by atoms with E-state index in [0.29, 0.717) is 11.4 Å². The van der Waals surface area contributed by atoms with Crippen molar-refractivity contribution in [2.45, 2.75) is 19.9 Å². The van der Waals surface area contributed by atoms with Gasteiger partial charge in [0.05, 0.1) is 18.5 Å². The molecular weight excluding hydrogens is 260 g/mol. The van der Waals surface area contributed by atoms with Gasteiger partial charge in [-0.1, -0.05) is 12.1 Å². The Morgan fingerprint density at radius 2 is 2.00 bits per heavy atom. The zero-order valence-electron chi connectivity index (χ0n) is 12.2. The molecule has 1 amide bonds. The Labute approximate surface area is 118 Å². The second kappa shape index (κ2) is 6.91. The molecule has 6 nitrogen and oxygen atoms in total. The predicted octanol–water partition coefficient (Wildman–Crippen LogP) is 1.12. The van der Waals surface area contributed by atoms with Crippen LogP contribution >= 0.6 is 0 Å². The highest BCUT2D eigenvalue weighted by Gasteiger charge is 2.30. The highest BCUT2D eigenvalue weighted by Crippen LogP contribution is 2.29. The minimum atomic E-state index is -0.786. The quantitative estimate of drug-likeness (QED) is 0.645. The van der Waals surface area contributed by atoms with E-state index in [9.17, 15) is 9.59 Å². The minimum absolute atomic E-state index is 0.144. The molecule has 0 heterocycles. The number of ether oxygens (including phenoxy) is 2. The molecule has 0 saturated heterocycles. The number of rotatable bonds is 5. The van der Waals surface area contributed by atoms with Crippen LogP contribution in [0.4, 0.5) is 11.4 Å². The van der Waals surface area contributed by atoms with Gasteiger partial charge in [0.1, 0.15) is 12.6 Å². The number of amides is 1. The summed E-state index contributed by atoms with van der Waals surface area (Å²) in [6.45, 7) is 3.27. The molecule has 0 aliphatic rings. The first kappa shape index (κ1) is 16.0. The summed E-state index contributed by atoms with van der Waals surface area (Å²) < 4.78 is 9.57. The number of carbonyl (C=O) groups is 2. The first-order valence-corrected chi connectivity index (χ1v) is 6.18. The molecule has 0 radical (unpaired) electrons. The lowest BCUT2D eigenvalue weighted by molar-refractivity contribution is -0.143. The number of para-hydroxylation sites is 1. The maximum atomic E-state index is 12.2. The fourth-order valence-corrected chi connectivity index (χ4v) is 2.01. The third-order valence-corrected chi connectivity index (χ3v) is 2.98. The zero-order chi connectivity index (χ0) is 15.3. The smallest absolute Gasteiger partial charge is 0.328 e. The van der Waals surface area contributed by atoms with Crippen molar-refractivity contribution in [2.75, 3.05) is 31.5 Å². The van der Waals surface area contributed by atoms with Gasteiger partial charge in [0, 0.05) is 7.11 Å². The number of hydrogen-bond donors (Lipinski definition) is 1. The Morgan fingerprint density at radius 3 is 2.50 bits per heavy atom. The van der Waals surface area contributed by atoms with Crippen LogP contribution in [0.5, 0.6) is 0 Å². The number of nitrogen functional groups attached to an aromatic ring is 1. The number of nitrogens with two attached hydrogens (primary N) is 1. The number of anilines is 2. The predicted molar refractivity (Wildman–Crippen MR) is 76.4 cm³/mol. The number of esters is 1. The topological polar surface area (TPSA) is 81.9 Å². The summed E-state index contributed by atoms with van der Waals surface area (Å²) in [7, 11) is 2.69. The van der Waals surface area contributed by atoms with Crippen molar-refractivity contribution in [1.82, 2.24) is 0 Å². The van der Waals surface area contributed by atoms with Crippen LogP contribution in [0.25, 0.3) is 0 Å². The van der Waals surface area contributed by atoms with Gasteiger partial charge in [-0.25, -0.2) is 4.79 Å². The lowest BCUT2D eigenvalue weighted by Gasteiger charge is -2.29. The maximum absolute atomic E-state index is 12.2. The van der Waals surface area contributed by atoms with Crippen LogP contribution in [0, 0.1) is 6.92 Å². The van der Waals surface area contributed by atoms with E-state index in [0.717, 1.165) is 5.56 Å². The molecule has 20 heavy (non-hydrogen) atoms. The van der Waals surface area contributed by atoms with E-state index in [4.69, 9.17) is 15.2 Å².